The van der Waals surface area contributed by atoms with E-state index in [1.54, 1.807) is 0 Å². The Morgan fingerprint density at radius 3 is 2.62 bits per heavy atom. The minimum absolute atomic E-state index is 0.108. The van der Waals surface area contributed by atoms with E-state index in [1.165, 1.54) is 5.06 Å². The van der Waals surface area contributed by atoms with Crippen LogP contribution in [0.3, 0.4) is 0 Å². The zero-order valence-corrected chi connectivity index (χ0v) is 4.88. The average Bonchev–Trinajstić information content (AvgIpc) is 1.77. The number of hydrogen-bond donors (Lipinski definition) is 2. The standard InChI is InChI=1S/C5H12N2O/c6-5-3-1-2-4-7(5)8/h5,8H,1-4,6H2/t5-/m1/s1. The zero-order valence-electron chi connectivity index (χ0n) is 4.88. The Hall–Kier alpha value is -0.120. The number of nitrogens with two attached hydrogens (primary N) is 1. The smallest absolute Gasteiger partial charge is 0.0815 e. The molecule has 1 atom stereocenters. The molecule has 0 aliphatic carbocycles. The first-order chi connectivity index (χ1) is 3.80. The van der Waals surface area contributed by atoms with Crippen molar-refractivity contribution in [2.24, 2.45) is 5.73 Å². The maximum Gasteiger partial charge on any atom is 0.0815 e. The molecule has 0 aromatic heterocycles. The first-order valence-corrected chi connectivity index (χ1v) is 3.02. The fourth-order valence-electron chi connectivity index (χ4n) is 0.942. The van der Waals surface area contributed by atoms with Crippen molar-refractivity contribution in [1.82, 2.24) is 5.06 Å². The van der Waals surface area contributed by atoms with E-state index in [0.29, 0.717) is 0 Å². The maximum atomic E-state index is 8.89. The van der Waals surface area contributed by atoms with Crippen LogP contribution >= 0.6 is 0 Å². The topological polar surface area (TPSA) is 49.5 Å². The van der Waals surface area contributed by atoms with Gasteiger partial charge in [0.25, 0.3) is 0 Å². The van der Waals surface area contributed by atoms with Crippen LogP contribution in [-0.4, -0.2) is 23.0 Å². The Balaban J connectivity index is 2.28. The Morgan fingerprint density at radius 2 is 2.25 bits per heavy atom. The minimum Gasteiger partial charge on any atom is -0.314 e. The Kier molecular flexibility index (Phi) is 1.83. The normalized spacial score (nSPS) is 33.0. The molecule has 0 unspecified atom stereocenters. The fourth-order valence-corrected chi connectivity index (χ4v) is 0.942. The first kappa shape index (κ1) is 6.01. The molecule has 3 heteroatoms. The van der Waals surface area contributed by atoms with E-state index in [0.717, 1.165) is 25.8 Å². The molecule has 0 aromatic carbocycles. The summed E-state index contributed by atoms with van der Waals surface area (Å²) in [6.07, 6.45) is 3.04. The highest BCUT2D eigenvalue weighted by Crippen LogP contribution is 2.09. The summed E-state index contributed by atoms with van der Waals surface area (Å²) in [5.41, 5.74) is 5.45. The third-order valence-corrected chi connectivity index (χ3v) is 1.52. The van der Waals surface area contributed by atoms with Gasteiger partial charge < -0.3 is 10.9 Å². The van der Waals surface area contributed by atoms with E-state index in [1.807, 2.05) is 0 Å². The second-order valence-electron chi connectivity index (χ2n) is 2.23. The number of hydrogen-bond acceptors (Lipinski definition) is 3. The molecule has 48 valence electrons. The van der Waals surface area contributed by atoms with Gasteiger partial charge in [-0.3, -0.25) is 0 Å². The van der Waals surface area contributed by atoms with Crippen molar-refractivity contribution in [2.45, 2.75) is 25.4 Å². The van der Waals surface area contributed by atoms with Crippen LogP contribution in [0.5, 0.6) is 0 Å². The first-order valence-electron chi connectivity index (χ1n) is 3.02. The van der Waals surface area contributed by atoms with Gasteiger partial charge in [0.2, 0.25) is 0 Å². The monoisotopic (exact) mass is 116 g/mol. The van der Waals surface area contributed by atoms with E-state index < -0.39 is 0 Å². The highest BCUT2D eigenvalue weighted by Gasteiger charge is 2.14. The summed E-state index contributed by atoms with van der Waals surface area (Å²) < 4.78 is 0. The molecule has 1 rings (SSSR count). The number of nitrogens with zero attached hydrogens (tertiary/aromatic N) is 1. The van der Waals surface area contributed by atoms with Gasteiger partial charge >= 0.3 is 0 Å². The molecular formula is C5H12N2O. The van der Waals surface area contributed by atoms with Gasteiger partial charge in [-0.05, 0) is 19.3 Å². The number of hydroxylamine groups is 2. The second-order valence-corrected chi connectivity index (χ2v) is 2.23. The van der Waals surface area contributed by atoms with Crippen LogP contribution in [0.1, 0.15) is 19.3 Å². The molecule has 1 aliphatic heterocycles. The molecule has 0 saturated carbocycles. The Labute approximate surface area is 49.0 Å². The van der Waals surface area contributed by atoms with Crippen molar-refractivity contribution in [3.63, 3.8) is 0 Å². The highest BCUT2D eigenvalue weighted by atomic mass is 16.5. The van der Waals surface area contributed by atoms with Gasteiger partial charge in [-0.25, -0.2) is 0 Å². The molecule has 0 bridgehead atoms. The third kappa shape index (κ3) is 1.18. The van der Waals surface area contributed by atoms with E-state index in [-0.39, 0.29) is 6.17 Å². The summed E-state index contributed by atoms with van der Waals surface area (Å²) in [7, 11) is 0. The second kappa shape index (κ2) is 2.44. The number of piperidine rings is 1. The lowest BCUT2D eigenvalue weighted by molar-refractivity contribution is -0.139. The quantitative estimate of drug-likeness (QED) is 0.473. The van der Waals surface area contributed by atoms with Crippen LogP contribution in [-0.2, 0) is 0 Å². The van der Waals surface area contributed by atoms with E-state index >= 15 is 0 Å². The van der Waals surface area contributed by atoms with Gasteiger partial charge in [0.15, 0.2) is 0 Å². The lowest BCUT2D eigenvalue weighted by Gasteiger charge is -2.26. The summed E-state index contributed by atoms with van der Waals surface area (Å²) in [6.45, 7) is 0.737. The predicted molar refractivity (Wildman–Crippen MR) is 30.3 cm³/mol. The van der Waals surface area contributed by atoms with Crippen LogP contribution in [0.2, 0.25) is 0 Å². The maximum absolute atomic E-state index is 8.89. The van der Waals surface area contributed by atoms with Crippen LogP contribution in [0.15, 0.2) is 0 Å². The van der Waals surface area contributed by atoms with Crippen molar-refractivity contribution in [2.75, 3.05) is 6.54 Å². The lowest BCUT2D eigenvalue weighted by Crippen LogP contribution is -2.42. The summed E-state index contributed by atoms with van der Waals surface area (Å²) in [5.74, 6) is 0. The van der Waals surface area contributed by atoms with Crippen LogP contribution in [0, 0.1) is 0 Å². The van der Waals surface area contributed by atoms with Gasteiger partial charge in [-0.1, -0.05) is 0 Å². The van der Waals surface area contributed by atoms with Crippen molar-refractivity contribution in [3.05, 3.63) is 0 Å². The van der Waals surface area contributed by atoms with Gasteiger partial charge in [0.05, 0.1) is 6.17 Å². The molecule has 0 spiro atoms. The van der Waals surface area contributed by atoms with Crippen molar-refractivity contribution >= 4 is 0 Å². The zero-order chi connectivity index (χ0) is 5.98. The van der Waals surface area contributed by atoms with Crippen LogP contribution in [0.25, 0.3) is 0 Å². The molecule has 3 nitrogen and oxygen atoms in total. The SMILES string of the molecule is N[C@H]1CCCCN1O. The van der Waals surface area contributed by atoms with E-state index in [4.69, 9.17) is 10.9 Å². The molecule has 1 saturated heterocycles. The minimum atomic E-state index is -0.108. The van der Waals surface area contributed by atoms with Crippen LogP contribution < -0.4 is 5.73 Å². The predicted octanol–water partition coefficient (Wildman–Crippen LogP) is 0.146. The molecule has 3 N–H and O–H groups in total. The molecule has 0 aromatic rings. The highest BCUT2D eigenvalue weighted by molar-refractivity contribution is 4.63. The molecule has 1 aliphatic rings. The van der Waals surface area contributed by atoms with E-state index in [9.17, 15) is 0 Å². The molecule has 8 heavy (non-hydrogen) atoms. The van der Waals surface area contributed by atoms with Crippen molar-refractivity contribution in [1.29, 1.82) is 0 Å². The molecule has 1 heterocycles. The fraction of sp³-hybridized carbons (Fsp3) is 1.00. The molecule has 1 fully saturated rings. The number of rotatable bonds is 0. The average molecular weight is 116 g/mol. The Morgan fingerprint density at radius 1 is 1.50 bits per heavy atom. The van der Waals surface area contributed by atoms with Gasteiger partial charge in [0.1, 0.15) is 0 Å². The van der Waals surface area contributed by atoms with Gasteiger partial charge in [-0.2, -0.15) is 5.06 Å². The van der Waals surface area contributed by atoms with Gasteiger partial charge in [0, 0.05) is 6.54 Å². The molecule has 0 amide bonds. The summed E-state index contributed by atoms with van der Waals surface area (Å²) in [4.78, 5) is 0. The van der Waals surface area contributed by atoms with Crippen molar-refractivity contribution < 1.29 is 5.21 Å². The summed E-state index contributed by atoms with van der Waals surface area (Å²) >= 11 is 0. The third-order valence-electron chi connectivity index (χ3n) is 1.52. The lowest BCUT2D eigenvalue weighted by atomic mass is 10.1. The summed E-state index contributed by atoms with van der Waals surface area (Å²) in [5, 5.41) is 10.1. The molecule has 0 radical (unpaired) electrons. The van der Waals surface area contributed by atoms with Crippen LogP contribution in [0.4, 0.5) is 0 Å². The largest absolute Gasteiger partial charge is 0.314 e. The van der Waals surface area contributed by atoms with Gasteiger partial charge in [-0.15, -0.1) is 0 Å². The Bertz CT molecular complexity index is 66.8. The van der Waals surface area contributed by atoms with Crippen molar-refractivity contribution in [3.8, 4) is 0 Å². The summed E-state index contributed by atoms with van der Waals surface area (Å²) in [6, 6.07) is 0. The molecular weight excluding hydrogens is 104 g/mol. The van der Waals surface area contributed by atoms with E-state index in [2.05, 4.69) is 0 Å².